The molecule has 6 heteroatoms. The second-order valence-electron chi connectivity index (χ2n) is 6.05. The summed E-state index contributed by atoms with van der Waals surface area (Å²) >= 11 is 5.92. The first-order valence-electron chi connectivity index (χ1n) is 8.23. The molecule has 1 fully saturated rings. The third-order valence-corrected chi connectivity index (χ3v) is 4.45. The fraction of sp³-hybridized carbons (Fsp3) is 0.316. The summed E-state index contributed by atoms with van der Waals surface area (Å²) in [5.41, 5.74) is 1.52. The lowest BCUT2D eigenvalue weighted by atomic mass is 10.1. The standard InChI is InChI=1S/C19H20ClFN2O2/c20-18-10-15(21)6-7-17(18)19(24)22-11-16-13-23(8-9-25-16)12-14-4-2-1-3-5-14/h1-7,10,16H,8-9,11-13H2,(H,22,24)/t16-/m1/s1. The highest BCUT2D eigenvalue weighted by Crippen LogP contribution is 2.17. The molecule has 1 aliphatic heterocycles. The number of morpholine rings is 1. The van der Waals surface area contributed by atoms with Crippen LogP contribution in [-0.4, -0.2) is 43.2 Å². The van der Waals surface area contributed by atoms with Gasteiger partial charge >= 0.3 is 0 Å². The Morgan fingerprint density at radius 2 is 2.08 bits per heavy atom. The van der Waals surface area contributed by atoms with Gasteiger partial charge < -0.3 is 10.1 Å². The Balaban J connectivity index is 1.51. The lowest BCUT2D eigenvalue weighted by molar-refractivity contribution is -0.0292. The van der Waals surface area contributed by atoms with Gasteiger partial charge in [0, 0.05) is 26.2 Å². The second-order valence-corrected chi connectivity index (χ2v) is 6.45. The molecule has 2 aromatic carbocycles. The third-order valence-electron chi connectivity index (χ3n) is 4.14. The second kappa shape index (κ2) is 8.43. The summed E-state index contributed by atoms with van der Waals surface area (Å²) < 4.78 is 18.8. The van der Waals surface area contributed by atoms with Gasteiger partial charge in [-0.1, -0.05) is 41.9 Å². The number of rotatable bonds is 5. The normalized spacial score (nSPS) is 18.1. The van der Waals surface area contributed by atoms with Crippen molar-refractivity contribution in [1.29, 1.82) is 0 Å². The number of nitrogens with one attached hydrogen (secondary N) is 1. The molecule has 1 heterocycles. The zero-order valence-electron chi connectivity index (χ0n) is 13.8. The minimum atomic E-state index is -0.464. The van der Waals surface area contributed by atoms with Crippen LogP contribution in [0.15, 0.2) is 48.5 Å². The fourth-order valence-electron chi connectivity index (χ4n) is 2.86. The molecular weight excluding hydrogens is 343 g/mol. The highest BCUT2D eigenvalue weighted by Gasteiger charge is 2.21. The molecule has 0 radical (unpaired) electrons. The molecule has 132 valence electrons. The molecule has 4 nitrogen and oxygen atoms in total. The Hall–Kier alpha value is -1.95. The van der Waals surface area contributed by atoms with E-state index in [9.17, 15) is 9.18 Å². The van der Waals surface area contributed by atoms with Gasteiger partial charge in [0.1, 0.15) is 5.82 Å². The predicted octanol–water partition coefficient (Wildman–Crippen LogP) is 3.11. The summed E-state index contributed by atoms with van der Waals surface area (Å²) in [5, 5.41) is 2.92. The van der Waals surface area contributed by atoms with Gasteiger partial charge in [-0.2, -0.15) is 0 Å². The van der Waals surface area contributed by atoms with Gasteiger partial charge in [0.2, 0.25) is 0 Å². The van der Waals surface area contributed by atoms with Crippen LogP contribution in [0.2, 0.25) is 5.02 Å². The number of carbonyl (C=O) groups is 1. The Bertz CT molecular complexity index is 727. The van der Waals surface area contributed by atoms with E-state index < -0.39 is 5.82 Å². The lowest BCUT2D eigenvalue weighted by Crippen LogP contribution is -2.47. The summed E-state index contributed by atoms with van der Waals surface area (Å²) in [6.07, 6.45) is -0.0827. The summed E-state index contributed by atoms with van der Waals surface area (Å²) in [7, 11) is 0. The molecule has 0 aromatic heterocycles. The van der Waals surface area contributed by atoms with E-state index in [-0.39, 0.29) is 22.6 Å². The molecule has 1 saturated heterocycles. The van der Waals surface area contributed by atoms with E-state index in [4.69, 9.17) is 16.3 Å². The van der Waals surface area contributed by atoms with Crippen molar-refractivity contribution >= 4 is 17.5 Å². The van der Waals surface area contributed by atoms with Crippen LogP contribution < -0.4 is 5.32 Å². The van der Waals surface area contributed by atoms with E-state index >= 15 is 0 Å². The Kier molecular flexibility index (Phi) is 6.02. The van der Waals surface area contributed by atoms with Gasteiger partial charge in [0.05, 0.1) is 23.3 Å². The molecule has 0 unspecified atom stereocenters. The molecule has 1 amide bonds. The zero-order valence-corrected chi connectivity index (χ0v) is 14.5. The molecule has 0 aliphatic carbocycles. The average molecular weight is 363 g/mol. The van der Waals surface area contributed by atoms with Gasteiger partial charge in [-0.25, -0.2) is 4.39 Å². The summed E-state index contributed by atoms with van der Waals surface area (Å²) in [4.78, 5) is 14.5. The van der Waals surface area contributed by atoms with Crippen LogP contribution in [0.1, 0.15) is 15.9 Å². The van der Waals surface area contributed by atoms with Crippen molar-refractivity contribution in [1.82, 2.24) is 10.2 Å². The van der Waals surface area contributed by atoms with Crippen molar-refractivity contribution in [3.8, 4) is 0 Å². The number of nitrogens with zero attached hydrogens (tertiary/aromatic N) is 1. The van der Waals surface area contributed by atoms with Crippen LogP contribution in [0.3, 0.4) is 0 Å². The maximum Gasteiger partial charge on any atom is 0.252 e. The number of halogens is 2. The number of ether oxygens (including phenoxy) is 1. The van der Waals surface area contributed by atoms with Gasteiger partial charge in [-0.15, -0.1) is 0 Å². The molecule has 0 spiro atoms. The van der Waals surface area contributed by atoms with Crippen LogP contribution in [0.4, 0.5) is 4.39 Å². The van der Waals surface area contributed by atoms with Gasteiger partial charge in [-0.05, 0) is 23.8 Å². The molecule has 25 heavy (non-hydrogen) atoms. The molecule has 0 bridgehead atoms. The minimum absolute atomic E-state index is 0.0827. The zero-order chi connectivity index (χ0) is 17.6. The maximum atomic E-state index is 13.1. The van der Waals surface area contributed by atoms with Crippen molar-refractivity contribution in [2.45, 2.75) is 12.6 Å². The summed E-state index contributed by atoms with van der Waals surface area (Å²) in [5.74, 6) is -0.789. The Morgan fingerprint density at radius 3 is 2.84 bits per heavy atom. The van der Waals surface area contributed by atoms with E-state index in [1.165, 1.54) is 17.7 Å². The summed E-state index contributed by atoms with van der Waals surface area (Å²) in [6, 6.07) is 14.0. The van der Waals surface area contributed by atoms with Crippen molar-refractivity contribution in [2.75, 3.05) is 26.2 Å². The molecular formula is C19H20ClFN2O2. The quantitative estimate of drug-likeness (QED) is 0.888. The predicted molar refractivity (Wildman–Crippen MR) is 95.2 cm³/mol. The van der Waals surface area contributed by atoms with Gasteiger partial charge in [0.15, 0.2) is 0 Å². The fourth-order valence-corrected chi connectivity index (χ4v) is 3.12. The number of hydrogen-bond acceptors (Lipinski definition) is 3. The monoisotopic (exact) mass is 362 g/mol. The number of amides is 1. The first-order valence-corrected chi connectivity index (χ1v) is 8.61. The van der Waals surface area contributed by atoms with E-state index in [2.05, 4.69) is 22.3 Å². The first kappa shape index (κ1) is 17.9. The maximum absolute atomic E-state index is 13.1. The van der Waals surface area contributed by atoms with Crippen molar-refractivity contribution in [3.63, 3.8) is 0 Å². The summed E-state index contributed by atoms with van der Waals surface area (Å²) in [6.45, 7) is 3.48. The van der Waals surface area contributed by atoms with Crippen LogP contribution >= 0.6 is 11.6 Å². The number of carbonyl (C=O) groups excluding carboxylic acids is 1. The first-order chi connectivity index (χ1) is 12.1. The minimum Gasteiger partial charge on any atom is -0.374 e. The molecule has 2 aromatic rings. The smallest absolute Gasteiger partial charge is 0.252 e. The topological polar surface area (TPSA) is 41.6 Å². The lowest BCUT2D eigenvalue weighted by Gasteiger charge is -2.33. The van der Waals surface area contributed by atoms with Crippen LogP contribution in [0.5, 0.6) is 0 Å². The van der Waals surface area contributed by atoms with Crippen LogP contribution in [-0.2, 0) is 11.3 Å². The van der Waals surface area contributed by atoms with Crippen molar-refractivity contribution < 1.29 is 13.9 Å². The van der Waals surface area contributed by atoms with Crippen LogP contribution in [0, 0.1) is 5.82 Å². The highest BCUT2D eigenvalue weighted by molar-refractivity contribution is 6.33. The van der Waals surface area contributed by atoms with Crippen LogP contribution in [0.25, 0.3) is 0 Å². The van der Waals surface area contributed by atoms with E-state index in [0.29, 0.717) is 13.2 Å². The molecule has 0 saturated carbocycles. The molecule has 3 rings (SSSR count). The van der Waals surface area contributed by atoms with Gasteiger partial charge in [0.25, 0.3) is 5.91 Å². The van der Waals surface area contributed by atoms with Crippen molar-refractivity contribution in [3.05, 3.63) is 70.5 Å². The Labute approximate surface area is 151 Å². The van der Waals surface area contributed by atoms with E-state index in [0.717, 1.165) is 25.7 Å². The highest BCUT2D eigenvalue weighted by atomic mass is 35.5. The van der Waals surface area contributed by atoms with Crippen molar-refractivity contribution in [2.24, 2.45) is 0 Å². The molecule has 1 aliphatic rings. The number of benzene rings is 2. The van der Waals surface area contributed by atoms with E-state index in [1.54, 1.807) is 0 Å². The number of hydrogen-bond donors (Lipinski definition) is 1. The SMILES string of the molecule is O=C(NC[C@@H]1CN(Cc2ccccc2)CCO1)c1ccc(F)cc1Cl. The van der Waals surface area contributed by atoms with Gasteiger partial charge in [-0.3, -0.25) is 9.69 Å². The Morgan fingerprint density at radius 1 is 1.28 bits per heavy atom. The average Bonchev–Trinajstić information content (AvgIpc) is 2.61. The molecule has 1 N–H and O–H groups in total. The van der Waals surface area contributed by atoms with E-state index in [1.807, 2.05) is 18.2 Å². The molecule has 1 atom stereocenters. The largest absolute Gasteiger partial charge is 0.374 e. The third kappa shape index (κ3) is 5.01.